The lowest BCUT2D eigenvalue weighted by Gasteiger charge is -2.28. The molecule has 1 aliphatic rings. The number of hydrogen-bond donors (Lipinski definition) is 0. The summed E-state index contributed by atoms with van der Waals surface area (Å²) in [6.07, 6.45) is 3.78. The number of hydrogen-bond acceptors (Lipinski definition) is 7. The van der Waals surface area contributed by atoms with E-state index in [1.165, 1.54) is 11.8 Å². The van der Waals surface area contributed by atoms with Crippen LogP contribution in [0, 0.1) is 6.92 Å². The molecule has 1 saturated heterocycles. The molecular formula is C22H24N4O4S2. The third-order valence-corrected chi connectivity index (χ3v) is 8.03. The molecule has 0 radical (unpaired) electrons. The largest absolute Gasteiger partial charge is 0.469 e. The molecule has 3 heterocycles. The maximum Gasteiger partial charge on any atom is 0.237 e. The lowest BCUT2D eigenvalue weighted by Crippen LogP contribution is -2.42. The fourth-order valence-corrected chi connectivity index (χ4v) is 6.33. The van der Waals surface area contributed by atoms with Gasteiger partial charge in [-0.1, -0.05) is 36.0 Å². The van der Waals surface area contributed by atoms with Crippen LogP contribution in [0.1, 0.15) is 12.2 Å². The summed E-state index contributed by atoms with van der Waals surface area (Å²) < 4.78 is 31.4. The molecule has 0 spiro atoms. The number of rotatable bonds is 8. The second-order valence-electron chi connectivity index (χ2n) is 7.54. The summed E-state index contributed by atoms with van der Waals surface area (Å²) in [6.45, 7) is 6.14. The van der Waals surface area contributed by atoms with Gasteiger partial charge in [-0.3, -0.25) is 9.36 Å². The van der Waals surface area contributed by atoms with Crippen LogP contribution >= 0.6 is 11.8 Å². The highest BCUT2D eigenvalue weighted by molar-refractivity contribution is 7.99. The third kappa shape index (κ3) is 4.66. The van der Waals surface area contributed by atoms with Crippen molar-refractivity contribution in [1.29, 1.82) is 0 Å². The zero-order valence-electron chi connectivity index (χ0n) is 17.7. The predicted octanol–water partition coefficient (Wildman–Crippen LogP) is 3.34. The molecule has 1 aliphatic heterocycles. The highest BCUT2D eigenvalue weighted by Gasteiger charge is 2.35. The van der Waals surface area contributed by atoms with Gasteiger partial charge in [0.1, 0.15) is 5.76 Å². The van der Waals surface area contributed by atoms with Gasteiger partial charge in [-0.2, -0.15) is 0 Å². The number of para-hydroxylation sites is 1. The summed E-state index contributed by atoms with van der Waals surface area (Å²) >= 11 is 1.27. The van der Waals surface area contributed by atoms with Gasteiger partial charge in [-0.15, -0.1) is 16.8 Å². The van der Waals surface area contributed by atoms with Gasteiger partial charge in [0.2, 0.25) is 5.91 Å². The first-order valence-electron chi connectivity index (χ1n) is 10.2. The van der Waals surface area contributed by atoms with E-state index in [4.69, 9.17) is 4.42 Å². The van der Waals surface area contributed by atoms with E-state index in [1.54, 1.807) is 17.2 Å². The lowest BCUT2D eigenvalue weighted by molar-refractivity contribution is -0.116. The van der Waals surface area contributed by atoms with E-state index in [-0.39, 0.29) is 29.2 Å². The molecule has 0 bridgehead atoms. The van der Waals surface area contributed by atoms with Crippen LogP contribution in [-0.2, 0) is 21.2 Å². The first-order valence-corrected chi connectivity index (χ1v) is 13.0. The Labute approximate surface area is 191 Å². The van der Waals surface area contributed by atoms with Gasteiger partial charge in [0.15, 0.2) is 20.8 Å². The molecule has 168 valence electrons. The molecule has 1 fully saturated rings. The van der Waals surface area contributed by atoms with E-state index < -0.39 is 9.84 Å². The van der Waals surface area contributed by atoms with Crippen molar-refractivity contribution in [3.05, 3.63) is 61.1 Å². The number of anilines is 1. The molecule has 32 heavy (non-hydrogen) atoms. The van der Waals surface area contributed by atoms with Gasteiger partial charge in [-0.05, 0) is 31.5 Å². The lowest BCUT2D eigenvalue weighted by atomic mass is 10.2. The standard InChI is InChI=1S/C22H24N4O4S2/c1-3-11-25-21(19-9-12-30-16(19)2)23-24-22(25)31-14-20(27)26(17-7-5-4-6-8-17)18-10-13-32(28,29)15-18/h3-9,12,18H,1,10-11,13-15H2,2H3. The zero-order chi connectivity index (χ0) is 22.7. The summed E-state index contributed by atoms with van der Waals surface area (Å²) in [4.78, 5) is 14.9. The Balaban J connectivity index is 1.57. The molecule has 1 aromatic carbocycles. The number of nitrogens with zero attached hydrogens (tertiary/aromatic N) is 4. The molecule has 3 aromatic rings. The second kappa shape index (κ2) is 9.33. The molecule has 0 saturated carbocycles. The van der Waals surface area contributed by atoms with E-state index in [9.17, 15) is 13.2 Å². The Morgan fingerprint density at radius 3 is 2.72 bits per heavy atom. The van der Waals surface area contributed by atoms with Crippen LogP contribution in [0.4, 0.5) is 5.69 Å². The van der Waals surface area contributed by atoms with Crippen LogP contribution < -0.4 is 4.90 Å². The molecular weight excluding hydrogens is 448 g/mol. The van der Waals surface area contributed by atoms with Crippen LogP contribution in [0.5, 0.6) is 0 Å². The predicted molar refractivity (Wildman–Crippen MR) is 124 cm³/mol. The fraction of sp³-hybridized carbons (Fsp3) is 0.318. The van der Waals surface area contributed by atoms with Crippen LogP contribution in [-0.4, -0.2) is 52.4 Å². The van der Waals surface area contributed by atoms with Gasteiger partial charge < -0.3 is 9.32 Å². The maximum absolute atomic E-state index is 13.3. The van der Waals surface area contributed by atoms with Crippen molar-refractivity contribution in [2.75, 3.05) is 22.2 Å². The minimum absolute atomic E-state index is 0.0190. The summed E-state index contributed by atoms with van der Waals surface area (Å²) in [5, 5.41) is 9.16. The van der Waals surface area contributed by atoms with Crippen molar-refractivity contribution in [2.45, 2.75) is 31.1 Å². The number of carbonyl (C=O) groups is 1. The Morgan fingerprint density at radius 2 is 2.09 bits per heavy atom. The molecule has 0 aliphatic carbocycles. The number of allylic oxidation sites excluding steroid dienone is 1. The summed E-state index contributed by atoms with van der Waals surface area (Å²) in [7, 11) is -3.14. The summed E-state index contributed by atoms with van der Waals surface area (Å²) in [5.74, 6) is 1.39. The number of amides is 1. The molecule has 4 rings (SSSR count). The van der Waals surface area contributed by atoms with Gasteiger partial charge in [0.25, 0.3) is 0 Å². The number of carbonyl (C=O) groups excluding carboxylic acids is 1. The minimum atomic E-state index is -3.14. The van der Waals surface area contributed by atoms with Crippen molar-refractivity contribution in [1.82, 2.24) is 14.8 Å². The van der Waals surface area contributed by atoms with E-state index in [2.05, 4.69) is 16.8 Å². The van der Waals surface area contributed by atoms with E-state index in [0.29, 0.717) is 29.6 Å². The normalized spacial score (nSPS) is 17.3. The number of sulfone groups is 1. The average molecular weight is 473 g/mol. The van der Waals surface area contributed by atoms with Gasteiger partial charge in [0, 0.05) is 12.2 Å². The number of benzene rings is 1. The second-order valence-corrected chi connectivity index (χ2v) is 10.7. The van der Waals surface area contributed by atoms with Gasteiger partial charge in [0.05, 0.1) is 35.1 Å². The topological polar surface area (TPSA) is 98.3 Å². The van der Waals surface area contributed by atoms with E-state index in [0.717, 1.165) is 11.3 Å². The Hall–Kier alpha value is -2.85. The number of thioether (sulfide) groups is 1. The van der Waals surface area contributed by atoms with Crippen LogP contribution in [0.25, 0.3) is 11.4 Å². The van der Waals surface area contributed by atoms with Crippen LogP contribution in [0.2, 0.25) is 0 Å². The smallest absolute Gasteiger partial charge is 0.237 e. The molecule has 1 amide bonds. The van der Waals surface area contributed by atoms with Crippen LogP contribution in [0.15, 0.2) is 64.9 Å². The zero-order valence-corrected chi connectivity index (χ0v) is 19.3. The van der Waals surface area contributed by atoms with Crippen molar-refractivity contribution < 1.29 is 17.6 Å². The fourth-order valence-electron chi connectivity index (χ4n) is 3.83. The highest BCUT2D eigenvalue weighted by Crippen LogP contribution is 2.29. The van der Waals surface area contributed by atoms with Crippen molar-refractivity contribution in [3.63, 3.8) is 0 Å². The molecule has 8 nitrogen and oxygen atoms in total. The maximum atomic E-state index is 13.3. The number of aromatic nitrogens is 3. The number of furan rings is 1. The number of aryl methyl sites for hydroxylation is 1. The molecule has 10 heteroatoms. The van der Waals surface area contributed by atoms with Crippen molar-refractivity contribution >= 4 is 33.2 Å². The minimum Gasteiger partial charge on any atom is -0.469 e. The van der Waals surface area contributed by atoms with Gasteiger partial charge >= 0.3 is 0 Å². The summed E-state index contributed by atoms with van der Waals surface area (Å²) in [6, 6.07) is 10.7. The SMILES string of the molecule is C=CCn1c(SCC(=O)N(c2ccccc2)C2CCS(=O)(=O)C2)nnc1-c1ccoc1C. The summed E-state index contributed by atoms with van der Waals surface area (Å²) in [5.41, 5.74) is 1.53. The molecule has 1 unspecified atom stereocenters. The highest BCUT2D eigenvalue weighted by atomic mass is 32.2. The molecule has 1 atom stereocenters. The Morgan fingerprint density at radius 1 is 1.31 bits per heavy atom. The van der Waals surface area contributed by atoms with E-state index >= 15 is 0 Å². The first kappa shape index (κ1) is 22.3. The van der Waals surface area contributed by atoms with Crippen molar-refractivity contribution in [3.8, 4) is 11.4 Å². The first-order chi connectivity index (χ1) is 15.4. The Bertz CT molecular complexity index is 1220. The quantitative estimate of drug-likeness (QED) is 0.366. The molecule has 2 aromatic heterocycles. The van der Waals surface area contributed by atoms with Crippen molar-refractivity contribution in [2.24, 2.45) is 0 Å². The third-order valence-electron chi connectivity index (χ3n) is 5.33. The average Bonchev–Trinajstić information content (AvgIpc) is 3.46. The van der Waals surface area contributed by atoms with E-state index in [1.807, 2.05) is 47.9 Å². The monoisotopic (exact) mass is 472 g/mol. The van der Waals surface area contributed by atoms with Gasteiger partial charge in [-0.25, -0.2) is 8.42 Å². The van der Waals surface area contributed by atoms with Crippen LogP contribution in [0.3, 0.4) is 0 Å². The Kier molecular flexibility index (Phi) is 6.52. The molecule has 0 N–H and O–H groups in total.